The summed E-state index contributed by atoms with van der Waals surface area (Å²) in [5.74, 6) is -0.109. The zero-order chi connectivity index (χ0) is 26.7. The van der Waals surface area contributed by atoms with E-state index in [-0.39, 0.29) is 52.4 Å². The summed E-state index contributed by atoms with van der Waals surface area (Å²) >= 11 is 0. The number of hydrogen-bond acceptors (Lipinski definition) is 3. The number of carbonyl (C=O) groups excluding carboxylic acids is 3. The van der Waals surface area contributed by atoms with Crippen LogP contribution in [0, 0.1) is 28.6 Å². The van der Waals surface area contributed by atoms with Gasteiger partial charge in [-0.2, -0.15) is 0 Å². The Morgan fingerprint density at radius 2 is 1.60 bits per heavy atom. The quantitative estimate of drug-likeness (QED) is 0.303. The smallest absolute Gasteiger partial charge is 0.155 e. The highest BCUT2D eigenvalue weighted by Crippen LogP contribution is 2.50. The van der Waals surface area contributed by atoms with Gasteiger partial charge in [-0.15, -0.1) is 0 Å². The van der Waals surface area contributed by atoms with Crippen LogP contribution in [0.15, 0.2) is 42.0 Å². The highest BCUT2D eigenvalue weighted by molar-refractivity contribution is 5.94. The molecule has 0 amide bonds. The van der Waals surface area contributed by atoms with E-state index in [4.69, 9.17) is 0 Å². The minimum Gasteiger partial charge on any atom is -0.299 e. The topological polar surface area (TPSA) is 51.2 Å². The van der Waals surface area contributed by atoms with E-state index in [0.717, 1.165) is 6.42 Å². The van der Waals surface area contributed by atoms with Crippen LogP contribution in [0.1, 0.15) is 106 Å². The van der Waals surface area contributed by atoms with E-state index in [9.17, 15) is 14.4 Å². The first-order chi connectivity index (χ1) is 16.1. The summed E-state index contributed by atoms with van der Waals surface area (Å²) in [6.07, 6.45) is 5.69. The predicted octanol–water partition coefficient (Wildman–Crippen LogP) is 7.99. The van der Waals surface area contributed by atoms with Crippen LogP contribution in [-0.4, -0.2) is 17.3 Å². The molecule has 0 N–H and O–H groups in total. The minimum atomic E-state index is -0.357. The van der Waals surface area contributed by atoms with Crippen LogP contribution in [0.3, 0.4) is 0 Å². The van der Waals surface area contributed by atoms with Gasteiger partial charge in [0.05, 0.1) is 0 Å². The molecule has 0 heterocycles. The molecular formula is C32H46O3. The van der Waals surface area contributed by atoms with Gasteiger partial charge in [0.15, 0.2) is 5.78 Å². The van der Waals surface area contributed by atoms with Crippen molar-refractivity contribution in [3.63, 3.8) is 0 Å². The van der Waals surface area contributed by atoms with Crippen molar-refractivity contribution in [3.05, 3.63) is 53.1 Å². The first-order valence-electron chi connectivity index (χ1n) is 13.2. The van der Waals surface area contributed by atoms with E-state index in [1.54, 1.807) is 13.8 Å². The summed E-state index contributed by atoms with van der Waals surface area (Å²) in [4.78, 5) is 39.0. The first-order valence-corrected chi connectivity index (χ1v) is 13.2. The molecule has 1 aliphatic rings. The van der Waals surface area contributed by atoms with Crippen molar-refractivity contribution in [3.8, 4) is 0 Å². The van der Waals surface area contributed by atoms with Crippen molar-refractivity contribution in [2.75, 3.05) is 0 Å². The van der Waals surface area contributed by atoms with Crippen molar-refractivity contribution in [2.45, 2.75) is 94.4 Å². The second-order valence-electron chi connectivity index (χ2n) is 12.2. The van der Waals surface area contributed by atoms with E-state index in [2.05, 4.69) is 78.8 Å². The molecule has 2 rings (SSSR count). The van der Waals surface area contributed by atoms with Crippen molar-refractivity contribution < 1.29 is 14.4 Å². The van der Waals surface area contributed by atoms with Gasteiger partial charge in [0.25, 0.3) is 0 Å². The number of benzene rings is 1. The predicted molar refractivity (Wildman–Crippen MR) is 146 cm³/mol. The first kappa shape index (κ1) is 28.9. The summed E-state index contributed by atoms with van der Waals surface area (Å²) in [5, 5.41) is 0. The number of Topliss-reactive ketones (excluding diaryl/α,β-unsaturated/α-hetero) is 3. The third-order valence-corrected chi connectivity index (χ3v) is 8.13. The molecule has 0 spiro atoms. The van der Waals surface area contributed by atoms with Gasteiger partial charge in [-0.05, 0) is 59.8 Å². The van der Waals surface area contributed by atoms with Gasteiger partial charge in [0, 0.05) is 30.1 Å². The van der Waals surface area contributed by atoms with Gasteiger partial charge < -0.3 is 0 Å². The van der Waals surface area contributed by atoms with Gasteiger partial charge in [0.2, 0.25) is 0 Å². The van der Waals surface area contributed by atoms with Crippen LogP contribution in [0.25, 0.3) is 5.57 Å². The molecule has 0 fully saturated rings. The number of fused-ring (bicyclic) bond motifs is 1. The second kappa shape index (κ2) is 11.2. The molecule has 4 unspecified atom stereocenters. The Kier molecular flexibility index (Phi) is 9.25. The van der Waals surface area contributed by atoms with Gasteiger partial charge in [-0.25, -0.2) is 0 Å². The number of rotatable bonds is 11. The standard InChI is InChI=1S/C32H46O3/c1-11-26(32(9,10)27-18-22(4)24-14-12-13-15-25(24)27)29(34)19-28(31(6,7)8)30(35)21(3)17-16-20(2)23(5)33/h12-16,18,21-22,26,28H,11,17,19H2,1-10H3/b20-16+. The molecule has 1 aromatic carbocycles. The lowest BCUT2D eigenvalue weighted by Crippen LogP contribution is -2.38. The van der Waals surface area contributed by atoms with E-state index >= 15 is 0 Å². The summed E-state index contributed by atoms with van der Waals surface area (Å²) in [6, 6.07) is 8.50. The molecule has 0 bridgehead atoms. The number of carbonyl (C=O) groups is 3. The lowest BCUT2D eigenvalue weighted by molar-refractivity contribution is -0.136. The lowest BCUT2D eigenvalue weighted by atomic mass is 9.65. The summed E-state index contributed by atoms with van der Waals surface area (Å²) in [6.45, 7) is 20.1. The molecule has 1 aliphatic carbocycles. The summed E-state index contributed by atoms with van der Waals surface area (Å²) in [5.41, 5.74) is 3.85. The van der Waals surface area contributed by atoms with Crippen LogP contribution in [-0.2, 0) is 14.4 Å². The summed E-state index contributed by atoms with van der Waals surface area (Å²) < 4.78 is 0. The number of ketones is 3. The fraction of sp³-hybridized carbons (Fsp3) is 0.594. The minimum absolute atomic E-state index is 0.0253. The number of allylic oxidation sites excluding steroid dienone is 4. The SMILES string of the molecule is CCC(C(=O)CC(C(=O)C(C)C/C=C(\C)C(C)=O)C(C)(C)C)C(C)(C)C1=CC(C)c2ccccc21. The van der Waals surface area contributed by atoms with Crippen molar-refractivity contribution >= 4 is 22.9 Å². The maximum atomic E-state index is 13.9. The Morgan fingerprint density at radius 1 is 1.00 bits per heavy atom. The molecule has 0 radical (unpaired) electrons. The molecule has 192 valence electrons. The highest BCUT2D eigenvalue weighted by Gasteiger charge is 2.43. The summed E-state index contributed by atoms with van der Waals surface area (Å²) in [7, 11) is 0. The van der Waals surface area contributed by atoms with E-state index < -0.39 is 0 Å². The fourth-order valence-corrected chi connectivity index (χ4v) is 5.59. The fourth-order valence-electron chi connectivity index (χ4n) is 5.59. The number of hydrogen-bond donors (Lipinski definition) is 0. The van der Waals surface area contributed by atoms with E-state index in [1.165, 1.54) is 16.7 Å². The Labute approximate surface area is 213 Å². The normalized spacial score (nSPS) is 19.0. The molecule has 4 atom stereocenters. The Hall–Kier alpha value is -2.29. The molecule has 0 aliphatic heterocycles. The van der Waals surface area contributed by atoms with E-state index in [0.29, 0.717) is 17.9 Å². The maximum absolute atomic E-state index is 13.9. The van der Waals surface area contributed by atoms with Crippen molar-refractivity contribution in [1.29, 1.82) is 0 Å². The molecule has 3 nitrogen and oxygen atoms in total. The average molecular weight is 479 g/mol. The molecule has 0 saturated carbocycles. The van der Waals surface area contributed by atoms with Crippen molar-refractivity contribution in [1.82, 2.24) is 0 Å². The van der Waals surface area contributed by atoms with Crippen molar-refractivity contribution in [2.24, 2.45) is 28.6 Å². The van der Waals surface area contributed by atoms with Crippen LogP contribution in [0.2, 0.25) is 0 Å². The molecule has 35 heavy (non-hydrogen) atoms. The largest absolute Gasteiger partial charge is 0.299 e. The molecule has 0 aromatic heterocycles. The Morgan fingerprint density at radius 3 is 2.14 bits per heavy atom. The second-order valence-corrected chi connectivity index (χ2v) is 12.2. The van der Waals surface area contributed by atoms with Crippen LogP contribution in [0.4, 0.5) is 0 Å². The Balaban J connectivity index is 2.30. The van der Waals surface area contributed by atoms with Gasteiger partial charge >= 0.3 is 0 Å². The zero-order valence-corrected chi connectivity index (χ0v) is 23.6. The molecule has 0 saturated heterocycles. The lowest BCUT2D eigenvalue weighted by Gasteiger charge is -2.37. The van der Waals surface area contributed by atoms with Gasteiger partial charge in [-0.3, -0.25) is 14.4 Å². The highest BCUT2D eigenvalue weighted by atomic mass is 16.1. The molecular weight excluding hydrogens is 432 g/mol. The molecule has 3 heteroatoms. The van der Waals surface area contributed by atoms with E-state index in [1.807, 2.05) is 13.0 Å². The third-order valence-electron chi connectivity index (χ3n) is 8.13. The van der Waals surface area contributed by atoms with Gasteiger partial charge in [-0.1, -0.05) is 91.8 Å². The monoisotopic (exact) mass is 478 g/mol. The average Bonchev–Trinajstić information content (AvgIpc) is 3.12. The Bertz CT molecular complexity index is 1020. The van der Waals surface area contributed by atoms with Crippen LogP contribution >= 0.6 is 0 Å². The maximum Gasteiger partial charge on any atom is 0.155 e. The van der Waals surface area contributed by atoms with Crippen LogP contribution < -0.4 is 0 Å². The molecule has 1 aromatic rings. The zero-order valence-electron chi connectivity index (χ0n) is 23.6. The third kappa shape index (κ3) is 6.48. The van der Waals surface area contributed by atoms with Crippen LogP contribution in [0.5, 0.6) is 0 Å². The van der Waals surface area contributed by atoms with Gasteiger partial charge in [0.1, 0.15) is 11.6 Å².